The number of rotatable bonds is 10. The summed E-state index contributed by atoms with van der Waals surface area (Å²) in [5.74, 6) is -1.55. The fourth-order valence-corrected chi connectivity index (χ4v) is 5.82. The topological polar surface area (TPSA) is 148 Å². The lowest BCUT2D eigenvalue weighted by Gasteiger charge is -2.17. The second-order valence-corrected chi connectivity index (χ2v) is 11.5. The van der Waals surface area contributed by atoms with Gasteiger partial charge in [0.05, 0.1) is 17.3 Å². The molecule has 3 N–H and O–H groups in total. The first-order valence-electron chi connectivity index (χ1n) is 11.8. The third-order valence-electron chi connectivity index (χ3n) is 5.87. The molecule has 0 spiro atoms. The lowest BCUT2D eigenvalue weighted by atomic mass is 10.1. The molecule has 0 aliphatic carbocycles. The van der Waals surface area contributed by atoms with Crippen LogP contribution in [0.25, 0.3) is 0 Å². The number of hydrogen-bond acceptors (Lipinski definition) is 8. The molecule has 12 heteroatoms. The lowest BCUT2D eigenvalue weighted by Crippen LogP contribution is -2.43. The van der Waals surface area contributed by atoms with Crippen molar-refractivity contribution in [1.29, 1.82) is 0 Å². The van der Waals surface area contributed by atoms with Crippen molar-refractivity contribution in [3.8, 4) is 0 Å². The molecule has 1 aliphatic heterocycles. The van der Waals surface area contributed by atoms with E-state index in [0.29, 0.717) is 5.56 Å². The van der Waals surface area contributed by atoms with Gasteiger partial charge in [-0.2, -0.15) is 0 Å². The molecular weight excluding hydrogens is 542 g/mol. The maximum Gasteiger partial charge on any atom is 0.328 e. The molecule has 2 atom stereocenters. The highest BCUT2D eigenvalue weighted by Crippen LogP contribution is 2.24. The average molecular weight is 568 g/mol. The molecule has 0 radical (unpaired) electrons. The monoisotopic (exact) mass is 567 g/mol. The Kier molecular flexibility index (Phi) is 8.67. The van der Waals surface area contributed by atoms with Gasteiger partial charge in [-0.3, -0.25) is 24.4 Å². The summed E-state index contributed by atoms with van der Waals surface area (Å²) in [6.07, 6.45) is 0.506. The number of carbonyl (C=O) groups is 4. The molecule has 39 heavy (non-hydrogen) atoms. The van der Waals surface area contributed by atoms with Crippen LogP contribution in [0, 0.1) is 0 Å². The van der Waals surface area contributed by atoms with Crippen molar-refractivity contribution >= 4 is 50.5 Å². The molecular formula is C27H25N3O7S2. The summed E-state index contributed by atoms with van der Waals surface area (Å²) < 4.78 is 33.2. The van der Waals surface area contributed by atoms with Crippen molar-refractivity contribution in [2.45, 2.75) is 29.0 Å². The van der Waals surface area contributed by atoms with Crippen LogP contribution in [0.4, 0.5) is 10.5 Å². The number of methoxy groups -OCH3 is 1. The van der Waals surface area contributed by atoms with Crippen molar-refractivity contribution in [3.05, 3.63) is 95.6 Å². The number of hydrogen-bond donors (Lipinski definition) is 3. The number of nitrogens with one attached hydrogen (secondary N) is 3. The Balaban J connectivity index is 1.43. The summed E-state index contributed by atoms with van der Waals surface area (Å²) in [4.78, 5) is 48.3. The van der Waals surface area contributed by atoms with E-state index in [0.717, 1.165) is 17.3 Å². The molecule has 3 aromatic rings. The first-order valence-corrected chi connectivity index (χ1v) is 14.2. The second kappa shape index (κ2) is 12.1. The SMILES string of the molecule is COC(=O)[C@H](Cc1ccccc1)NC(=O)c1cccc(NS(=O)(=O)c2ccc(CC3SC(=O)NC3=O)cc2)c1. The Hall–Kier alpha value is -4.16. The van der Waals surface area contributed by atoms with E-state index in [-0.39, 0.29) is 34.9 Å². The van der Waals surface area contributed by atoms with E-state index in [2.05, 4.69) is 15.4 Å². The second-order valence-electron chi connectivity index (χ2n) is 8.66. The van der Waals surface area contributed by atoms with Gasteiger partial charge >= 0.3 is 5.97 Å². The van der Waals surface area contributed by atoms with Gasteiger partial charge in [0.25, 0.3) is 21.2 Å². The first-order chi connectivity index (χ1) is 18.6. The van der Waals surface area contributed by atoms with E-state index in [4.69, 9.17) is 4.74 Å². The standard InChI is InChI=1S/C27H25N3O7S2/c1-37-26(33)22(14-17-6-3-2-4-7-17)28-24(31)19-8-5-9-20(16-19)30-39(35,36)21-12-10-18(11-13-21)15-23-25(32)29-27(34)38-23/h2-13,16,22-23,30H,14-15H2,1H3,(H,28,31)(H,29,32,34)/t22-,23?/m0/s1. The molecule has 0 saturated carbocycles. The minimum Gasteiger partial charge on any atom is -0.467 e. The van der Waals surface area contributed by atoms with Crippen molar-refractivity contribution in [2.75, 3.05) is 11.8 Å². The molecule has 3 amide bonds. The molecule has 1 heterocycles. The minimum atomic E-state index is -3.99. The van der Waals surface area contributed by atoms with Crippen molar-refractivity contribution in [3.63, 3.8) is 0 Å². The van der Waals surface area contributed by atoms with Gasteiger partial charge in [0.15, 0.2) is 0 Å². The molecule has 202 valence electrons. The van der Waals surface area contributed by atoms with Crippen molar-refractivity contribution in [1.82, 2.24) is 10.6 Å². The van der Waals surface area contributed by atoms with Gasteiger partial charge in [-0.25, -0.2) is 13.2 Å². The fraction of sp³-hybridized carbons (Fsp3) is 0.185. The van der Waals surface area contributed by atoms with Crippen LogP contribution in [0.5, 0.6) is 0 Å². The van der Waals surface area contributed by atoms with Crippen LogP contribution >= 0.6 is 11.8 Å². The van der Waals surface area contributed by atoms with E-state index in [9.17, 15) is 27.6 Å². The van der Waals surface area contributed by atoms with Crippen LogP contribution in [0.15, 0.2) is 83.8 Å². The Morgan fingerprint density at radius 2 is 1.69 bits per heavy atom. The first kappa shape index (κ1) is 27.9. The van der Waals surface area contributed by atoms with Gasteiger partial charge in [-0.15, -0.1) is 0 Å². The molecule has 0 aromatic heterocycles. The van der Waals surface area contributed by atoms with E-state index in [1.807, 2.05) is 30.3 Å². The largest absolute Gasteiger partial charge is 0.467 e. The number of carbonyl (C=O) groups excluding carboxylic acids is 4. The smallest absolute Gasteiger partial charge is 0.328 e. The number of sulfonamides is 1. The molecule has 1 unspecified atom stereocenters. The van der Waals surface area contributed by atoms with Gasteiger partial charge in [0.1, 0.15) is 6.04 Å². The normalized spacial score (nSPS) is 15.8. The summed E-state index contributed by atoms with van der Waals surface area (Å²) >= 11 is 0.902. The third-order valence-corrected chi connectivity index (χ3v) is 8.25. The molecule has 1 saturated heterocycles. The Morgan fingerprint density at radius 1 is 0.974 bits per heavy atom. The maximum atomic E-state index is 13.0. The fourth-order valence-electron chi connectivity index (χ4n) is 3.91. The summed E-state index contributed by atoms with van der Waals surface area (Å²) in [6.45, 7) is 0. The summed E-state index contributed by atoms with van der Waals surface area (Å²) in [6, 6.07) is 20.1. The van der Waals surface area contributed by atoms with Gasteiger partial charge in [0.2, 0.25) is 5.91 Å². The van der Waals surface area contributed by atoms with E-state index in [1.54, 1.807) is 12.1 Å². The Morgan fingerprint density at radius 3 is 2.33 bits per heavy atom. The molecule has 4 rings (SSSR count). The molecule has 3 aromatic carbocycles. The van der Waals surface area contributed by atoms with E-state index < -0.39 is 38.4 Å². The highest BCUT2D eigenvalue weighted by molar-refractivity contribution is 8.15. The zero-order valence-corrected chi connectivity index (χ0v) is 22.4. The van der Waals surface area contributed by atoms with Crippen molar-refractivity contribution < 1.29 is 32.3 Å². The average Bonchev–Trinajstić information content (AvgIpc) is 3.24. The van der Waals surface area contributed by atoms with Crippen LogP contribution < -0.4 is 15.4 Å². The number of imide groups is 1. The van der Waals surface area contributed by atoms with Gasteiger partial charge in [-0.1, -0.05) is 60.3 Å². The van der Waals surface area contributed by atoms with E-state index >= 15 is 0 Å². The molecule has 1 fully saturated rings. The van der Waals surface area contributed by atoms with Gasteiger partial charge < -0.3 is 10.1 Å². The summed E-state index contributed by atoms with van der Waals surface area (Å²) in [5.41, 5.74) is 1.83. The van der Waals surface area contributed by atoms with Crippen LogP contribution in [0.2, 0.25) is 0 Å². The van der Waals surface area contributed by atoms with Gasteiger partial charge in [0, 0.05) is 17.7 Å². The summed E-state index contributed by atoms with van der Waals surface area (Å²) in [5, 5.41) is 3.92. The highest BCUT2D eigenvalue weighted by atomic mass is 32.2. The van der Waals surface area contributed by atoms with Crippen LogP contribution in [-0.2, 0) is 37.2 Å². The predicted molar refractivity (Wildman–Crippen MR) is 146 cm³/mol. The molecule has 1 aliphatic rings. The molecule has 10 nitrogen and oxygen atoms in total. The van der Waals surface area contributed by atoms with Gasteiger partial charge in [-0.05, 0) is 47.9 Å². The molecule has 0 bridgehead atoms. The zero-order chi connectivity index (χ0) is 28.0. The number of ether oxygens (including phenoxy) is 1. The maximum absolute atomic E-state index is 13.0. The zero-order valence-electron chi connectivity index (χ0n) is 20.7. The third kappa shape index (κ3) is 7.24. The number of anilines is 1. The highest BCUT2D eigenvalue weighted by Gasteiger charge is 2.31. The number of esters is 1. The number of amides is 3. The van der Waals surface area contributed by atoms with Crippen molar-refractivity contribution in [2.24, 2.45) is 0 Å². The van der Waals surface area contributed by atoms with E-state index in [1.165, 1.54) is 43.5 Å². The van der Waals surface area contributed by atoms with Crippen LogP contribution in [0.3, 0.4) is 0 Å². The lowest BCUT2D eigenvalue weighted by molar-refractivity contribution is -0.142. The number of thioether (sulfide) groups is 1. The van der Waals surface area contributed by atoms with Crippen LogP contribution in [-0.4, -0.2) is 49.8 Å². The Bertz CT molecular complexity index is 1490. The predicted octanol–water partition coefficient (Wildman–Crippen LogP) is 2.90. The minimum absolute atomic E-state index is 0.0191. The summed E-state index contributed by atoms with van der Waals surface area (Å²) in [7, 11) is -2.76. The Labute approximate surface area is 229 Å². The quantitative estimate of drug-likeness (QED) is 0.317. The number of benzene rings is 3. The van der Waals surface area contributed by atoms with Crippen LogP contribution in [0.1, 0.15) is 21.5 Å².